The highest BCUT2D eigenvalue weighted by Gasteiger charge is 2.25. The van der Waals surface area contributed by atoms with Crippen LogP contribution in [0.5, 0.6) is 0 Å². The van der Waals surface area contributed by atoms with Crippen LogP contribution in [0.3, 0.4) is 0 Å². The molecule has 1 heterocycles. The Labute approximate surface area is 168 Å². The van der Waals surface area contributed by atoms with Crippen molar-refractivity contribution < 1.29 is 27.5 Å². The molecule has 0 fully saturated rings. The third kappa shape index (κ3) is 3.87. The maximum absolute atomic E-state index is 14.8. The number of aliphatic hydroxyl groups excluding tert-OH is 1. The molecule has 0 unspecified atom stereocenters. The zero-order chi connectivity index (χ0) is 22.2. The number of hydrogen-bond donors (Lipinski definition) is 3. The molecule has 3 rings (SSSR count). The summed E-state index contributed by atoms with van der Waals surface area (Å²) in [5.41, 5.74) is 2.44. The van der Waals surface area contributed by atoms with E-state index >= 15 is 0 Å². The highest BCUT2D eigenvalue weighted by Crippen LogP contribution is 2.33. The second-order valence-electron chi connectivity index (χ2n) is 6.84. The van der Waals surface area contributed by atoms with Gasteiger partial charge in [0.25, 0.3) is 0 Å². The van der Waals surface area contributed by atoms with Crippen molar-refractivity contribution in [3.05, 3.63) is 57.5 Å². The molecule has 1 aromatic heterocycles. The molecule has 2 aromatic carbocycles. The van der Waals surface area contributed by atoms with Crippen molar-refractivity contribution in [1.29, 1.82) is 0 Å². The van der Waals surface area contributed by atoms with Crippen LogP contribution in [0.1, 0.15) is 5.56 Å². The second-order valence-corrected chi connectivity index (χ2v) is 6.84. The number of aliphatic hydroxyl groups is 1. The SMILES string of the molecule is CN(C)CC(=O)Nc1c(F)c(CO)c(F)c2oc(-c3ccc(N)c(F)c3)cc(=O)c12. The Morgan fingerprint density at radius 1 is 1.20 bits per heavy atom. The Kier molecular flexibility index (Phi) is 5.81. The first-order chi connectivity index (χ1) is 14.1. The third-order valence-corrected chi connectivity index (χ3v) is 4.31. The van der Waals surface area contributed by atoms with E-state index in [1.807, 2.05) is 0 Å². The van der Waals surface area contributed by atoms with Gasteiger partial charge in [0, 0.05) is 11.6 Å². The molecule has 0 atom stereocenters. The maximum atomic E-state index is 14.8. The largest absolute Gasteiger partial charge is 0.453 e. The fourth-order valence-corrected chi connectivity index (χ4v) is 2.92. The number of nitrogens with two attached hydrogens (primary N) is 1. The van der Waals surface area contributed by atoms with Crippen molar-refractivity contribution in [2.24, 2.45) is 0 Å². The highest BCUT2D eigenvalue weighted by atomic mass is 19.1. The summed E-state index contributed by atoms with van der Waals surface area (Å²) in [7, 11) is 3.20. The van der Waals surface area contributed by atoms with E-state index in [0.29, 0.717) is 0 Å². The van der Waals surface area contributed by atoms with E-state index in [-0.39, 0.29) is 23.6 Å². The van der Waals surface area contributed by atoms with Gasteiger partial charge in [-0.1, -0.05) is 0 Å². The van der Waals surface area contributed by atoms with Gasteiger partial charge in [-0.05, 0) is 32.3 Å². The Morgan fingerprint density at radius 3 is 2.50 bits per heavy atom. The van der Waals surface area contributed by atoms with Gasteiger partial charge in [0.1, 0.15) is 11.6 Å². The Morgan fingerprint density at radius 2 is 1.90 bits per heavy atom. The number of carbonyl (C=O) groups is 1. The number of fused-ring (bicyclic) bond motifs is 1. The number of hydrogen-bond acceptors (Lipinski definition) is 6. The topological polar surface area (TPSA) is 109 Å². The van der Waals surface area contributed by atoms with Crippen molar-refractivity contribution in [1.82, 2.24) is 4.90 Å². The number of nitrogen functional groups attached to an aromatic ring is 1. The molecule has 0 saturated heterocycles. The molecule has 1 amide bonds. The normalized spacial score (nSPS) is 11.3. The summed E-state index contributed by atoms with van der Waals surface area (Å²) in [6.07, 6.45) is 0. The van der Waals surface area contributed by atoms with Gasteiger partial charge < -0.3 is 25.5 Å². The van der Waals surface area contributed by atoms with E-state index in [4.69, 9.17) is 10.2 Å². The zero-order valence-corrected chi connectivity index (χ0v) is 16.1. The van der Waals surface area contributed by atoms with Crippen LogP contribution in [0.15, 0.2) is 33.5 Å². The minimum absolute atomic E-state index is 0.0909. The molecule has 0 aliphatic rings. The molecule has 0 aliphatic carbocycles. The standard InChI is InChI=1S/C20H18F3N3O4/c1-26(2)7-15(29)25-19-16-13(28)6-14(9-3-4-12(24)11(21)5-9)30-20(16)18(23)10(8-27)17(19)22/h3-6,27H,7-8,24H2,1-2H3,(H,25,29). The Hall–Kier alpha value is -3.37. The van der Waals surface area contributed by atoms with Crippen LogP contribution in [0, 0.1) is 17.5 Å². The molecule has 3 aromatic rings. The van der Waals surface area contributed by atoms with Gasteiger partial charge in [-0.15, -0.1) is 0 Å². The van der Waals surface area contributed by atoms with Crippen LogP contribution < -0.4 is 16.5 Å². The number of nitrogens with zero attached hydrogens (tertiary/aromatic N) is 1. The molecule has 0 bridgehead atoms. The molecule has 0 saturated carbocycles. The predicted octanol–water partition coefficient (Wildman–Crippen LogP) is 2.45. The molecular weight excluding hydrogens is 403 g/mol. The van der Waals surface area contributed by atoms with Crippen LogP contribution >= 0.6 is 0 Å². The summed E-state index contributed by atoms with van der Waals surface area (Å²) >= 11 is 0. The molecule has 30 heavy (non-hydrogen) atoms. The lowest BCUT2D eigenvalue weighted by atomic mass is 10.1. The molecule has 10 heteroatoms. The first-order valence-electron chi connectivity index (χ1n) is 8.72. The molecule has 0 spiro atoms. The first-order valence-corrected chi connectivity index (χ1v) is 8.72. The number of amides is 1. The quantitative estimate of drug-likeness (QED) is 0.546. The van der Waals surface area contributed by atoms with Gasteiger partial charge in [-0.3, -0.25) is 9.59 Å². The van der Waals surface area contributed by atoms with Gasteiger partial charge in [-0.25, -0.2) is 13.2 Å². The summed E-state index contributed by atoms with van der Waals surface area (Å²) in [4.78, 5) is 26.3. The first kappa shape index (κ1) is 21.3. The number of halogens is 3. The monoisotopic (exact) mass is 421 g/mol. The van der Waals surface area contributed by atoms with Crippen molar-refractivity contribution in [3.8, 4) is 11.3 Å². The predicted molar refractivity (Wildman–Crippen MR) is 105 cm³/mol. The van der Waals surface area contributed by atoms with Crippen LogP contribution in [-0.4, -0.2) is 36.6 Å². The van der Waals surface area contributed by atoms with Gasteiger partial charge in [0.2, 0.25) is 5.91 Å². The van der Waals surface area contributed by atoms with Crippen LogP contribution in [0.4, 0.5) is 24.5 Å². The average molecular weight is 421 g/mol. The molecule has 0 radical (unpaired) electrons. The van der Waals surface area contributed by atoms with Crippen molar-refractivity contribution >= 4 is 28.3 Å². The number of benzene rings is 2. The van der Waals surface area contributed by atoms with Crippen LogP contribution in [0.2, 0.25) is 0 Å². The summed E-state index contributed by atoms with van der Waals surface area (Å²) in [5, 5.41) is 11.1. The zero-order valence-electron chi connectivity index (χ0n) is 16.1. The Balaban J connectivity index is 2.28. The van der Waals surface area contributed by atoms with Crippen molar-refractivity contribution in [2.45, 2.75) is 6.61 Å². The summed E-state index contributed by atoms with van der Waals surface area (Å²) in [6.45, 7) is -1.19. The number of nitrogens with one attached hydrogen (secondary N) is 1. The maximum Gasteiger partial charge on any atom is 0.238 e. The van der Waals surface area contributed by atoms with E-state index in [9.17, 15) is 27.9 Å². The second kappa shape index (κ2) is 8.17. The van der Waals surface area contributed by atoms with Gasteiger partial charge in [-0.2, -0.15) is 0 Å². The number of rotatable bonds is 5. The fraction of sp³-hybridized carbons (Fsp3) is 0.200. The third-order valence-electron chi connectivity index (χ3n) is 4.31. The van der Waals surface area contributed by atoms with Gasteiger partial charge in [0.05, 0.1) is 35.5 Å². The molecule has 158 valence electrons. The van der Waals surface area contributed by atoms with E-state index in [1.54, 1.807) is 14.1 Å². The molecule has 4 N–H and O–H groups in total. The lowest BCUT2D eigenvalue weighted by Crippen LogP contribution is -2.28. The summed E-state index contributed by atoms with van der Waals surface area (Å²) in [5.74, 6) is -4.23. The lowest BCUT2D eigenvalue weighted by molar-refractivity contribution is -0.116. The average Bonchev–Trinajstić information content (AvgIpc) is 2.67. The summed E-state index contributed by atoms with van der Waals surface area (Å²) in [6, 6.07) is 4.51. The van der Waals surface area contributed by atoms with Crippen LogP contribution in [0.25, 0.3) is 22.3 Å². The van der Waals surface area contributed by atoms with Gasteiger partial charge in [0.15, 0.2) is 22.6 Å². The van der Waals surface area contributed by atoms with Crippen molar-refractivity contribution in [2.75, 3.05) is 31.7 Å². The highest BCUT2D eigenvalue weighted by molar-refractivity contribution is 6.02. The van der Waals surface area contributed by atoms with E-state index < -0.39 is 57.6 Å². The molecule has 7 nitrogen and oxygen atoms in total. The Bertz CT molecular complexity index is 1210. The van der Waals surface area contributed by atoms with E-state index in [1.165, 1.54) is 17.0 Å². The number of likely N-dealkylation sites (N-methyl/N-ethyl adjacent to an activating group) is 1. The molecule has 0 aliphatic heterocycles. The molecular formula is C20H18F3N3O4. The van der Waals surface area contributed by atoms with E-state index in [0.717, 1.165) is 12.1 Å². The van der Waals surface area contributed by atoms with Crippen molar-refractivity contribution in [3.63, 3.8) is 0 Å². The number of anilines is 2. The fourth-order valence-electron chi connectivity index (χ4n) is 2.92. The lowest BCUT2D eigenvalue weighted by Gasteiger charge is -2.15. The summed E-state index contributed by atoms with van der Waals surface area (Å²) < 4.78 is 48.8. The number of carbonyl (C=O) groups excluding carboxylic acids is 1. The smallest absolute Gasteiger partial charge is 0.238 e. The van der Waals surface area contributed by atoms with E-state index in [2.05, 4.69) is 5.32 Å². The van der Waals surface area contributed by atoms with Crippen LogP contribution in [-0.2, 0) is 11.4 Å². The minimum Gasteiger partial charge on any atom is -0.453 e. The van der Waals surface area contributed by atoms with Gasteiger partial charge >= 0.3 is 0 Å². The minimum atomic E-state index is -1.30.